The van der Waals surface area contributed by atoms with Gasteiger partial charge in [-0.15, -0.1) is 0 Å². The number of carbonyl (C=O) groups excluding carboxylic acids is 1. The Labute approximate surface area is 223 Å². The van der Waals surface area contributed by atoms with Crippen molar-refractivity contribution in [3.8, 4) is 11.3 Å². The molecule has 1 fully saturated rings. The molecule has 1 aliphatic carbocycles. The van der Waals surface area contributed by atoms with E-state index in [1.807, 2.05) is 0 Å². The molecule has 13 heteroatoms. The lowest BCUT2D eigenvalue weighted by Gasteiger charge is -2.34. The maximum Gasteiger partial charge on any atom is 0.391 e. The third-order valence-corrected chi connectivity index (χ3v) is 7.09. The van der Waals surface area contributed by atoms with Crippen molar-refractivity contribution in [1.82, 2.24) is 20.1 Å². The van der Waals surface area contributed by atoms with Gasteiger partial charge in [-0.05, 0) is 58.4 Å². The molecule has 3 N–H and O–H groups in total. The van der Waals surface area contributed by atoms with E-state index >= 15 is 0 Å². The quantitative estimate of drug-likeness (QED) is 0.307. The highest BCUT2D eigenvalue weighted by atomic mass is 35.5. The second kappa shape index (κ2) is 11.3. The molecule has 38 heavy (non-hydrogen) atoms. The van der Waals surface area contributed by atoms with Gasteiger partial charge in [0.25, 0.3) is 12.3 Å². The van der Waals surface area contributed by atoms with Crippen LogP contribution in [0.2, 0.25) is 5.02 Å². The highest BCUT2D eigenvalue weighted by Crippen LogP contribution is 2.39. The zero-order valence-corrected chi connectivity index (χ0v) is 22.5. The molecule has 0 aromatic carbocycles. The fourth-order valence-corrected chi connectivity index (χ4v) is 5.01. The number of aromatic nitrogens is 3. The summed E-state index contributed by atoms with van der Waals surface area (Å²) in [5.41, 5.74) is -3.32. The van der Waals surface area contributed by atoms with Gasteiger partial charge in [0.05, 0.1) is 22.7 Å². The van der Waals surface area contributed by atoms with Crippen molar-refractivity contribution in [2.75, 3.05) is 11.9 Å². The van der Waals surface area contributed by atoms with Crippen molar-refractivity contribution >= 4 is 23.3 Å². The lowest BCUT2D eigenvalue weighted by atomic mass is 9.79. The van der Waals surface area contributed by atoms with Crippen molar-refractivity contribution in [3.63, 3.8) is 0 Å². The molecule has 0 radical (unpaired) electrons. The number of hydrogen-bond acceptors (Lipinski definition) is 5. The minimum atomic E-state index is -4.47. The molecule has 212 valence electrons. The lowest BCUT2D eigenvalue weighted by molar-refractivity contribution is -0.142. The molecule has 0 saturated heterocycles. The van der Waals surface area contributed by atoms with Gasteiger partial charge >= 0.3 is 6.18 Å². The number of nitrogens with one attached hydrogen (secondary N) is 2. The van der Waals surface area contributed by atoms with E-state index in [2.05, 4.69) is 27.6 Å². The number of pyridine rings is 1. The monoisotopic (exact) mass is 565 g/mol. The van der Waals surface area contributed by atoms with Gasteiger partial charge < -0.3 is 15.7 Å². The standard InChI is InChI=1S/C25H33ClF5N5O2/c1-5-36-20(18(26)19(35-36)22(37)33-13-24(38)8-6-14(2)7-9-24)16-11-32-17(10-15(16)21(27)28)34-23(3,4)12-25(29,30)31/h10-11,14,21,38H,5-9,12-13H2,1-4H3,(H,32,34)(H,33,37). The summed E-state index contributed by atoms with van der Waals surface area (Å²) in [4.78, 5) is 17.0. The van der Waals surface area contributed by atoms with Crippen LogP contribution >= 0.6 is 11.6 Å². The summed E-state index contributed by atoms with van der Waals surface area (Å²) in [6, 6.07) is 0.973. The number of alkyl halides is 5. The second-order valence-corrected chi connectivity index (χ2v) is 11.1. The van der Waals surface area contributed by atoms with E-state index < -0.39 is 41.6 Å². The van der Waals surface area contributed by atoms with Crippen LogP contribution in [0, 0.1) is 5.92 Å². The topological polar surface area (TPSA) is 92.1 Å². The molecule has 0 aliphatic heterocycles. The molecule has 0 unspecified atom stereocenters. The number of nitrogens with zero attached hydrogens (tertiary/aromatic N) is 3. The minimum Gasteiger partial charge on any atom is -0.388 e. The van der Waals surface area contributed by atoms with Crippen molar-refractivity contribution in [3.05, 3.63) is 28.5 Å². The number of rotatable bonds is 9. The second-order valence-electron chi connectivity index (χ2n) is 10.7. The van der Waals surface area contributed by atoms with E-state index in [0.29, 0.717) is 18.8 Å². The van der Waals surface area contributed by atoms with E-state index in [0.717, 1.165) is 25.1 Å². The summed E-state index contributed by atoms with van der Waals surface area (Å²) in [5.74, 6) is -0.322. The molecule has 7 nitrogen and oxygen atoms in total. The predicted molar refractivity (Wildman–Crippen MR) is 134 cm³/mol. The number of amides is 1. The van der Waals surface area contributed by atoms with Crippen LogP contribution in [0.15, 0.2) is 12.3 Å². The molecule has 0 bridgehead atoms. The SMILES string of the molecule is CCn1nc(C(=O)NCC2(O)CCC(C)CC2)c(Cl)c1-c1cnc(NC(C)(C)CC(F)(F)F)cc1C(F)F. The fraction of sp³-hybridized carbons (Fsp3) is 0.640. The molecule has 1 saturated carbocycles. The van der Waals surface area contributed by atoms with Gasteiger partial charge in [0.15, 0.2) is 5.69 Å². The smallest absolute Gasteiger partial charge is 0.388 e. The van der Waals surface area contributed by atoms with Crippen LogP contribution < -0.4 is 10.6 Å². The maximum absolute atomic E-state index is 14.1. The molecule has 2 heterocycles. The molecule has 1 aliphatic rings. The summed E-state index contributed by atoms with van der Waals surface area (Å²) < 4.78 is 68.2. The Morgan fingerprint density at radius 1 is 1.29 bits per heavy atom. The molecule has 0 atom stereocenters. The van der Waals surface area contributed by atoms with Crippen LogP contribution in [0.1, 0.15) is 82.3 Å². The highest BCUT2D eigenvalue weighted by molar-refractivity contribution is 6.36. The first kappa shape index (κ1) is 30.1. The summed E-state index contributed by atoms with van der Waals surface area (Å²) in [6.07, 6.45) is -4.85. The molecule has 3 rings (SSSR count). The third-order valence-electron chi connectivity index (χ3n) is 6.73. The average molecular weight is 566 g/mol. The maximum atomic E-state index is 14.1. The predicted octanol–water partition coefficient (Wildman–Crippen LogP) is 6.37. The van der Waals surface area contributed by atoms with Crippen LogP contribution in [0.5, 0.6) is 0 Å². The molecule has 1 amide bonds. The summed E-state index contributed by atoms with van der Waals surface area (Å²) in [7, 11) is 0. The molecule has 2 aromatic heterocycles. The zero-order chi connectivity index (χ0) is 28.5. The fourth-order valence-electron chi connectivity index (χ4n) is 4.69. The van der Waals surface area contributed by atoms with Gasteiger partial charge in [0.2, 0.25) is 0 Å². The Morgan fingerprint density at radius 3 is 2.47 bits per heavy atom. The summed E-state index contributed by atoms with van der Waals surface area (Å²) in [6.45, 7) is 6.55. The van der Waals surface area contributed by atoms with Crippen LogP contribution in [-0.4, -0.2) is 49.6 Å². The van der Waals surface area contributed by atoms with E-state index in [4.69, 9.17) is 11.6 Å². The Hall–Kier alpha value is -2.47. The van der Waals surface area contributed by atoms with Gasteiger partial charge in [-0.3, -0.25) is 9.48 Å². The first-order valence-corrected chi connectivity index (χ1v) is 12.8. The third kappa shape index (κ3) is 7.34. The molecular formula is C25H33ClF5N5O2. The number of hydrogen-bond donors (Lipinski definition) is 3. The number of carbonyl (C=O) groups is 1. The first-order chi connectivity index (χ1) is 17.5. The van der Waals surface area contributed by atoms with Crippen LogP contribution in [0.25, 0.3) is 11.3 Å². The lowest BCUT2D eigenvalue weighted by Crippen LogP contribution is -2.45. The van der Waals surface area contributed by atoms with Gasteiger partial charge in [-0.1, -0.05) is 18.5 Å². The van der Waals surface area contributed by atoms with Crippen LogP contribution in [0.3, 0.4) is 0 Å². The van der Waals surface area contributed by atoms with Crippen molar-refractivity contribution in [2.45, 2.75) is 90.1 Å². The number of aryl methyl sites for hydroxylation is 1. The van der Waals surface area contributed by atoms with Gasteiger partial charge in [0, 0.05) is 36.0 Å². The van der Waals surface area contributed by atoms with E-state index in [1.54, 1.807) is 6.92 Å². The zero-order valence-electron chi connectivity index (χ0n) is 21.7. The van der Waals surface area contributed by atoms with Crippen molar-refractivity contribution in [1.29, 1.82) is 0 Å². The largest absolute Gasteiger partial charge is 0.391 e. The Balaban J connectivity index is 1.89. The van der Waals surface area contributed by atoms with Gasteiger partial charge in [-0.25, -0.2) is 13.8 Å². The normalized spacial score (nSPS) is 20.6. The number of aliphatic hydroxyl groups is 1. The molecule has 2 aromatic rings. The van der Waals surface area contributed by atoms with Crippen molar-refractivity contribution in [2.24, 2.45) is 5.92 Å². The van der Waals surface area contributed by atoms with Gasteiger partial charge in [-0.2, -0.15) is 18.3 Å². The van der Waals surface area contributed by atoms with E-state index in [9.17, 15) is 31.9 Å². The highest BCUT2D eigenvalue weighted by Gasteiger charge is 2.37. The summed E-state index contributed by atoms with van der Waals surface area (Å²) >= 11 is 6.49. The first-order valence-electron chi connectivity index (χ1n) is 12.4. The molecular weight excluding hydrogens is 533 g/mol. The van der Waals surface area contributed by atoms with Crippen LogP contribution in [0.4, 0.5) is 27.8 Å². The van der Waals surface area contributed by atoms with E-state index in [1.165, 1.54) is 18.5 Å². The van der Waals surface area contributed by atoms with Gasteiger partial charge in [0.1, 0.15) is 5.82 Å². The minimum absolute atomic E-state index is 0.00111. The summed E-state index contributed by atoms with van der Waals surface area (Å²) in [5, 5.41) is 20.0. The number of anilines is 1. The average Bonchev–Trinajstić information content (AvgIpc) is 3.14. The van der Waals surface area contributed by atoms with Crippen LogP contribution in [-0.2, 0) is 6.54 Å². The number of halogens is 6. The Morgan fingerprint density at radius 2 is 1.92 bits per heavy atom. The Kier molecular flexibility index (Phi) is 8.97. The molecule has 0 spiro atoms. The van der Waals surface area contributed by atoms with E-state index in [-0.39, 0.29) is 40.9 Å². The van der Waals surface area contributed by atoms with Crippen molar-refractivity contribution < 1.29 is 31.9 Å². The Bertz CT molecular complexity index is 1140.